The first-order valence-corrected chi connectivity index (χ1v) is 4.11. The Hall–Kier alpha value is -0.960. The summed E-state index contributed by atoms with van der Waals surface area (Å²) < 4.78 is 14.0. The molecule has 1 fully saturated rings. The van der Waals surface area contributed by atoms with E-state index in [2.05, 4.69) is 10.3 Å². The number of pyridine rings is 1. The van der Waals surface area contributed by atoms with Crippen molar-refractivity contribution in [1.82, 2.24) is 10.3 Å². The third-order valence-electron chi connectivity index (χ3n) is 2.30. The van der Waals surface area contributed by atoms with Crippen molar-refractivity contribution in [3.8, 4) is 0 Å². The first-order valence-electron chi connectivity index (χ1n) is 4.11. The molecule has 1 aliphatic rings. The number of nitrogens with zero attached hydrogens (tertiary/aromatic N) is 1. The molecule has 1 saturated heterocycles. The Kier molecular flexibility index (Phi) is 1.81. The van der Waals surface area contributed by atoms with Gasteiger partial charge in [0.2, 0.25) is 0 Å². The smallest absolute Gasteiger partial charge is 0.149 e. The summed E-state index contributed by atoms with van der Waals surface area (Å²) in [5, 5.41) is 3.02. The van der Waals surface area contributed by atoms with Crippen LogP contribution in [0.3, 0.4) is 0 Å². The van der Waals surface area contributed by atoms with Gasteiger partial charge in [-0.25, -0.2) is 4.39 Å². The van der Waals surface area contributed by atoms with Gasteiger partial charge in [0.1, 0.15) is 5.67 Å². The van der Waals surface area contributed by atoms with Crippen molar-refractivity contribution in [2.24, 2.45) is 0 Å². The average Bonchev–Trinajstić information content (AvgIpc) is 2.55. The van der Waals surface area contributed by atoms with Crippen molar-refractivity contribution in [3.63, 3.8) is 0 Å². The molecule has 0 unspecified atom stereocenters. The monoisotopic (exact) mass is 166 g/mol. The van der Waals surface area contributed by atoms with Crippen LogP contribution < -0.4 is 5.32 Å². The van der Waals surface area contributed by atoms with Crippen molar-refractivity contribution in [3.05, 3.63) is 30.1 Å². The normalized spacial score (nSPS) is 29.1. The van der Waals surface area contributed by atoms with E-state index in [-0.39, 0.29) is 0 Å². The van der Waals surface area contributed by atoms with E-state index in [1.54, 1.807) is 24.5 Å². The quantitative estimate of drug-likeness (QED) is 0.679. The zero-order chi connectivity index (χ0) is 8.44. The van der Waals surface area contributed by atoms with Crippen molar-refractivity contribution in [1.29, 1.82) is 0 Å². The average molecular weight is 166 g/mol. The van der Waals surface area contributed by atoms with Gasteiger partial charge in [-0.05, 0) is 30.7 Å². The second-order valence-corrected chi connectivity index (χ2v) is 3.13. The first kappa shape index (κ1) is 7.68. The molecular weight excluding hydrogens is 155 g/mol. The summed E-state index contributed by atoms with van der Waals surface area (Å²) in [5.74, 6) is 0. The maximum atomic E-state index is 14.0. The van der Waals surface area contributed by atoms with E-state index in [4.69, 9.17) is 0 Å². The summed E-state index contributed by atoms with van der Waals surface area (Å²) in [6.45, 7) is 1.19. The van der Waals surface area contributed by atoms with Crippen LogP contribution in [0.15, 0.2) is 24.5 Å². The number of hydrogen-bond acceptors (Lipinski definition) is 2. The van der Waals surface area contributed by atoms with Crippen LogP contribution in [0.25, 0.3) is 0 Å². The van der Waals surface area contributed by atoms with Gasteiger partial charge >= 0.3 is 0 Å². The molecule has 2 heterocycles. The SMILES string of the molecule is F[C@]1(c2ccncc2)CCNC1. The lowest BCUT2D eigenvalue weighted by atomic mass is 9.96. The molecule has 1 aromatic heterocycles. The van der Waals surface area contributed by atoms with Gasteiger partial charge in [0.25, 0.3) is 0 Å². The predicted molar refractivity (Wildman–Crippen MR) is 44.5 cm³/mol. The lowest BCUT2D eigenvalue weighted by Gasteiger charge is -2.17. The van der Waals surface area contributed by atoms with E-state index >= 15 is 0 Å². The van der Waals surface area contributed by atoms with Gasteiger partial charge < -0.3 is 5.32 Å². The number of hydrogen-bond donors (Lipinski definition) is 1. The third-order valence-corrected chi connectivity index (χ3v) is 2.30. The van der Waals surface area contributed by atoms with E-state index in [0.29, 0.717) is 13.0 Å². The Labute approximate surface area is 70.8 Å². The number of nitrogens with one attached hydrogen (secondary N) is 1. The molecule has 0 aromatic carbocycles. The fourth-order valence-corrected chi connectivity index (χ4v) is 1.56. The zero-order valence-electron chi connectivity index (χ0n) is 6.76. The molecule has 64 valence electrons. The minimum absolute atomic E-state index is 0.428. The van der Waals surface area contributed by atoms with Crippen LogP contribution in [0, 0.1) is 0 Å². The van der Waals surface area contributed by atoms with Gasteiger partial charge in [0, 0.05) is 18.9 Å². The second-order valence-electron chi connectivity index (χ2n) is 3.13. The topological polar surface area (TPSA) is 24.9 Å². The molecule has 2 nitrogen and oxygen atoms in total. The lowest BCUT2D eigenvalue weighted by Crippen LogP contribution is -2.23. The van der Waals surface area contributed by atoms with Crippen molar-refractivity contribution in [2.75, 3.05) is 13.1 Å². The molecule has 0 saturated carbocycles. The zero-order valence-corrected chi connectivity index (χ0v) is 6.76. The van der Waals surface area contributed by atoms with Gasteiger partial charge in [-0.3, -0.25) is 4.98 Å². The molecule has 3 heteroatoms. The maximum absolute atomic E-state index is 14.0. The molecule has 1 N–H and O–H groups in total. The third kappa shape index (κ3) is 1.20. The van der Waals surface area contributed by atoms with Crippen LogP contribution in [0.1, 0.15) is 12.0 Å². The molecule has 1 aliphatic heterocycles. The van der Waals surface area contributed by atoms with Crippen LogP contribution in [0.5, 0.6) is 0 Å². The van der Waals surface area contributed by atoms with Crippen LogP contribution in [-0.4, -0.2) is 18.1 Å². The Morgan fingerprint density at radius 2 is 2.17 bits per heavy atom. The molecule has 0 bridgehead atoms. The largest absolute Gasteiger partial charge is 0.313 e. The van der Waals surface area contributed by atoms with Crippen LogP contribution >= 0.6 is 0 Å². The standard InChI is InChI=1S/C9H11FN2/c10-9(3-6-12-7-9)8-1-4-11-5-2-8/h1-2,4-5,12H,3,6-7H2/t9-/m1/s1. The summed E-state index contributed by atoms with van der Waals surface area (Å²) in [5.41, 5.74) is -0.425. The van der Waals surface area contributed by atoms with E-state index < -0.39 is 5.67 Å². The van der Waals surface area contributed by atoms with Gasteiger partial charge in [-0.2, -0.15) is 0 Å². The summed E-state index contributed by atoms with van der Waals surface area (Å²) >= 11 is 0. The van der Waals surface area contributed by atoms with Gasteiger partial charge in [-0.1, -0.05) is 0 Å². The molecule has 0 aliphatic carbocycles. The van der Waals surface area contributed by atoms with E-state index in [1.807, 2.05) is 0 Å². The Balaban J connectivity index is 2.29. The van der Waals surface area contributed by atoms with E-state index in [9.17, 15) is 4.39 Å². The minimum Gasteiger partial charge on any atom is -0.313 e. The van der Waals surface area contributed by atoms with Crippen molar-refractivity contribution < 1.29 is 4.39 Å². The Bertz CT molecular complexity index is 254. The maximum Gasteiger partial charge on any atom is 0.149 e. The molecule has 0 amide bonds. The molecule has 0 radical (unpaired) electrons. The Morgan fingerprint density at radius 3 is 2.75 bits per heavy atom. The Morgan fingerprint density at radius 1 is 1.42 bits per heavy atom. The van der Waals surface area contributed by atoms with Crippen LogP contribution in [-0.2, 0) is 5.67 Å². The number of halogens is 1. The highest BCUT2D eigenvalue weighted by Crippen LogP contribution is 2.31. The van der Waals surface area contributed by atoms with E-state index in [0.717, 1.165) is 12.1 Å². The molecular formula is C9H11FN2. The molecule has 2 rings (SSSR count). The summed E-state index contributed by atoms with van der Waals surface area (Å²) in [6.07, 6.45) is 3.83. The number of aromatic nitrogens is 1. The fraction of sp³-hybridized carbons (Fsp3) is 0.444. The van der Waals surface area contributed by atoms with Gasteiger partial charge in [-0.15, -0.1) is 0 Å². The predicted octanol–water partition coefficient (Wildman–Crippen LogP) is 1.24. The van der Waals surface area contributed by atoms with Crippen molar-refractivity contribution in [2.45, 2.75) is 12.1 Å². The lowest BCUT2D eigenvalue weighted by molar-refractivity contribution is 0.193. The summed E-state index contributed by atoms with van der Waals surface area (Å²) in [7, 11) is 0. The summed E-state index contributed by atoms with van der Waals surface area (Å²) in [4.78, 5) is 3.86. The molecule has 0 spiro atoms. The summed E-state index contributed by atoms with van der Waals surface area (Å²) in [6, 6.07) is 3.49. The van der Waals surface area contributed by atoms with Gasteiger partial charge in [0.15, 0.2) is 0 Å². The fourth-order valence-electron chi connectivity index (χ4n) is 1.56. The highest BCUT2D eigenvalue weighted by atomic mass is 19.1. The van der Waals surface area contributed by atoms with Crippen LogP contribution in [0.2, 0.25) is 0 Å². The molecule has 12 heavy (non-hydrogen) atoms. The highest BCUT2D eigenvalue weighted by Gasteiger charge is 2.35. The van der Waals surface area contributed by atoms with E-state index in [1.165, 1.54) is 0 Å². The number of rotatable bonds is 1. The molecule has 1 aromatic rings. The second kappa shape index (κ2) is 2.83. The minimum atomic E-state index is -1.16. The number of alkyl halides is 1. The van der Waals surface area contributed by atoms with Gasteiger partial charge in [0.05, 0.1) is 0 Å². The molecule has 1 atom stereocenters. The van der Waals surface area contributed by atoms with Crippen LogP contribution in [0.4, 0.5) is 4.39 Å². The highest BCUT2D eigenvalue weighted by molar-refractivity contribution is 5.21. The van der Waals surface area contributed by atoms with Crippen molar-refractivity contribution >= 4 is 0 Å². The first-order chi connectivity index (χ1) is 5.81.